The summed E-state index contributed by atoms with van der Waals surface area (Å²) >= 11 is 0. The summed E-state index contributed by atoms with van der Waals surface area (Å²) in [6, 6.07) is 9.61. The van der Waals surface area contributed by atoms with Gasteiger partial charge in [-0.3, -0.25) is 4.79 Å². The lowest BCUT2D eigenvalue weighted by atomic mass is 10.1. The molecule has 1 saturated heterocycles. The van der Waals surface area contributed by atoms with E-state index >= 15 is 0 Å². The number of ether oxygens (including phenoxy) is 2. The molecule has 1 amide bonds. The van der Waals surface area contributed by atoms with Crippen LogP contribution in [0.4, 0.5) is 19.0 Å². The lowest BCUT2D eigenvalue weighted by molar-refractivity contribution is -0.141. The Hall–Kier alpha value is -3.81. The molecule has 0 unspecified atom stereocenters. The molecule has 8 nitrogen and oxygen atoms in total. The average Bonchev–Trinajstić information content (AvgIpc) is 2.74. The van der Waals surface area contributed by atoms with Crippen molar-refractivity contribution in [2.45, 2.75) is 39.1 Å². The van der Waals surface area contributed by atoms with Gasteiger partial charge in [0.15, 0.2) is 5.69 Å². The van der Waals surface area contributed by atoms with Gasteiger partial charge in [-0.2, -0.15) is 18.4 Å². The fraction of sp³-hybridized carbons (Fsp3) is 0.391. The van der Waals surface area contributed by atoms with Crippen molar-refractivity contribution < 1.29 is 32.2 Å². The Kier molecular flexibility index (Phi) is 7.29. The van der Waals surface area contributed by atoms with Gasteiger partial charge in [-0.1, -0.05) is 12.1 Å². The van der Waals surface area contributed by atoms with E-state index in [1.54, 1.807) is 18.2 Å². The molecule has 1 aliphatic heterocycles. The van der Waals surface area contributed by atoms with E-state index in [0.717, 1.165) is 11.6 Å². The highest BCUT2D eigenvalue weighted by molar-refractivity contribution is 5.92. The highest BCUT2D eigenvalue weighted by Crippen LogP contribution is 2.35. The number of pyridine rings is 1. The predicted octanol–water partition coefficient (Wildman–Crippen LogP) is 3.61. The Morgan fingerprint density at radius 1 is 1.29 bits per heavy atom. The van der Waals surface area contributed by atoms with Crippen LogP contribution in [0.1, 0.15) is 54.0 Å². The molecule has 180 valence electrons. The highest BCUT2D eigenvalue weighted by Gasteiger charge is 2.41. The zero-order valence-electron chi connectivity index (χ0n) is 18.8. The standard InChI is InChI=1S/C23H23F3N4O4/c1-4-33-22(32)19-9-16(10-27)21(29-20(19)23(24,25)26)30-11-18(12-30)34-17-7-5-15(6-8-17)13(2)28-14(3)31/h5-9,13,18H,4,11-12H2,1-3H3,(H,28,31)/t13-/m0/s1. The zero-order chi connectivity index (χ0) is 25.0. The van der Waals surface area contributed by atoms with E-state index in [-0.39, 0.29) is 49.1 Å². The lowest BCUT2D eigenvalue weighted by Crippen LogP contribution is -2.54. The van der Waals surface area contributed by atoms with Crippen LogP contribution in [0.3, 0.4) is 0 Å². The average molecular weight is 476 g/mol. The van der Waals surface area contributed by atoms with Gasteiger partial charge in [0, 0.05) is 6.92 Å². The van der Waals surface area contributed by atoms with E-state index in [1.165, 1.54) is 18.7 Å². The number of hydrogen-bond donors (Lipinski definition) is 1. The Labute approximate surface area is 194 Å². The molecule has 34 heavy (non-hydrogen) atoms. The maximum absolute atomic E-state index is 13.6. The number of hydrogen-bond acceptors (Lipinski definition) is 7. The number of halogens is 3. The molecule has 2 heterocycles. The summed E-state index contributed by atoms with van der Waals surface area (Å²) in [6.07, 6.45) is -5.23. The first kappa shape index (κ1) is 24.8. The van der Waals surface area contributed by atoms with Crippen molar-refractivity contribution in [3.05, 3.63) is 52.7 Å². The Morgan fingerprint density at radius 2 is 1.94 bits per heavy atom. The minimum atomic E-state index is -4.90. The van der Waals surface area contributed by atoms with Gasteiger partial charge in [0.25, 0.3) is 0 Å². The van der Waals surface area contributed by atoms with Crippen LogP contribution >= 0.6 is 0 Å². The number of aromatic nitrogens is 1. The highest BCUT2D eigenvalue weighted by atomic mass is 19.4. The van der Waals surface area contributed by atoms with Crippen molar-refractivity contribution in [2.75, 3.05) is 24.6 Å². The third-order valence-electron chi connectivity index (χ3n) is 5.14. The van der Waals surface area contributed by atoms with Crippen LogP contribution in [0.25, 0.3) is 0 Å². The number of amides is 1. The van der Waals surface area contributed by atoms with E-state index in [9.17, 15) is 28.0 Å². The van der Waals surface area contributed by atoms with E-state index in [4.69, 9.17) is 4.74 Å². The predicted molar refractivity (Wildman–Crippen MR) is 115 cm³/mol. The van der Waals surface area contributed by atoms with Crippen molar-refractivity contribution >= 4 is 17.7 Å². The molecule has 1 N–H and O–H groups in total. The minimum absolute atomic E-state index is 0.113. The van der Waals surface area contributed by atoms with Crippen molar-refractivity contribution in [1.29, 1.82) is 5.26 Å². The molecule has 0 bridgehead atoms. The molecule has 11 heteroatoms. The SMILES string of the molecule is CCOC(=O)c1cc(C#N)c(N2CC(Oc3ccc([C@H](C)NC(C)=O)cc3)C2)nc1C(F)(F)F. The topological polar surface area (TPSA) is 105 Å². The summed E-state index contributed by atoms with van der Waals surface area (Å²) in [5, 5.41) is 12.2. The molecule has 1 aromatic carbocycles. The van der Waals surface area contributed by atoms with Crippen molar-refractivity contribution in [3.63, 3.8) is 0 Å². The maximum atomic E-state index is 13.6. The van der Waals surface area contributed by atoms with Crippen molar-refractivity contribution in [1.82, 2.24) is 10.3 Å². The van der Waals surface area contributed by atoms with Gasteiger partial charge in [0.05, 0.1) is 36.9 Å². The van der Waals surface area contributed by atoms with Crippen molar-refractivity contribution in [2.24, 2.45) is 0 Å². The summed E-state index contributed by atoms with van der Waals surface area (Å²) in [4.78, 5) is 28.3. The van der Waals surface area contributed by atoms with Gasteiger partial charge < -0.3 is 19.7 Å². The quantitative estimate of drug-likeness (QED) is 0.609. The molecule has 1 aromatic heterocycles. The molecule has 1 atom stereocenters. The number of carbonyl (C=O) groups excluding carboxylic acids is 2. The Balaban J connectivity index is 1.73. The van der Waals surface area contributed by atoms with E-state index in [0.29, 0.717) is 5.75 Å². The van der Waals surface area contributed by atoms with Crippen LogP contribution < -0.4 is 15.0 Å². The van der Waals surface area contributed by atoms with Gasteiger partial charge >= 0.3 is 12.1 Å². The number of nitrogens with zero attached hydrogens (tertiary/aromatic N) is 3. The molecule has 1 aliphatic rings. The summed E-state index contributed by atoms with van der Waals surface area (Å²) < 4.78 is 51.2. The normalized spacial score (nSPS) is 14.6. The monoisotopic (exact) mass is 476 g/mol. The van der Waals surface area contributed by atoms with Crippen molar-refractivity contribution in [3.8, 4) is 11.8 Å². The zero-order valence-corrected chi connectivity index (χ0v) is 18.8. The first-order valence-electron chi connectivity index (χ1n) is 10.5. The van der Waals surface area contributed by atoms with E-state index < -0.39 is 23.4 Å². The maximum Gasteiger partial charge on any atom is 0.434 e. The second-order valence-corrected chi connectivity index (χ2v) is 7.72. The largest absolute Gasteiger partial charge is 0.487 e. The van der Waals surface area contributed by atoms with Crippen LogP contribution in [0, 0.1) is 11.3 Å². The van der Waals surface area contributed by atoms with Gasteiger partial charge in [-0.05, 0) is 37.6 Å². The fourth-order valence-electron chi connectivity index (χ4n) is 3.51. The second-order valence-electron chi connectivity index (χ2n) is 7.72. The summed E-state index contributed by atoms with van der Waals surface area (Å²) in [7, 11) is 0. The molecule has 2 aromatic rings. The number of anilines is 1. The van der Waals surface area contributed by atoms with Gasteiger partial charge in [0.2, 0.25) is 5.91 Å². The van der Waals surface area contributed by atoms with Gasteiger partial charge in [-0.25, -0.2) is 9.78 Å². The molecule has 0 saturated carbocycles. The molecular formula is C23H23F3N4O4. The number of nitrogens with one attached hydrogen (secondary N) is 1. The molecule has 0 radical (unpaired) electrons. The van der Waals surface area contributed by atoms with Crippen LogP contribution in [0.5, 0.6) is 5.75 Å². The van der Waals surface area contributed by atoms with Crippen LogP contribution in [0.2, 0.25) is 0 Å². The number of rotatable bonds is 7. The van der Waals surface area contributed by atoms with E-state index in [1.807, 2.05) is 19.1 Å². The second kappa shape index (κ2) is 9.99. The van der Waals surface area contributed by atoms with Gasteiger partial charge in [-0.15, -0.1) is 0 Å². The third-order valence-corrected chi connectivity index (χ3v) is 5.14. The number of alkyl halides is 3. The summed E-state index contributed by atoms with van der Waals surface area (Å²) in [5.74, 6) is -0.934. The summed E-state index contributed by atoms with van der Waals surface area (Å²) in [5.41, 5.74) is -1.46. The van der Waals surface area contributed by atoms with Gasteiger partial charge in [0.1, 0.15) is 23.7 Å². The number of nitriles is 1. The number of esters is 1. The fourth-order valence-corrected chi connectivity index (χ4v) is 3.51. The Bertz CT molecular complexity index is 1110. The third kappa shape index (κ3) is 5.57. The minimum Gasteiger partial charge on any atom is -0.487 e. The summed E-state index contributed by atoms with van der Waals surface area (Å²) in [6.45, 7) is 5.06. The molecule has 0 aliphatic carbocycles. The number of carbonyl (C=O) groups is 2. The first-order chi connectivity index (χ1) is 16.0. The Morgan fingerprint density at radius 3 is 2.47 bits per heavy atom. The molecule has 0 spiro atoms. The lowest BCUT2D eigenvalue weighted by Gasteiger charge is -2.40. The smallest absolute Gasteiger partial charge is 0.434 e. The first-order valence-corrected chi connectivity index (χ1v) is 10.5. The number of benzene rings is 1. The van der Waals surface area contributed by atoms with Crippen LogP contribution in [0.15, 0.2) is 30.3 Å². The molecular weight excluding hydrogens is 453 g/mol. The van der Waals surface area contributed by atoms with Crippen LogP contribution in [-0.4, -0.2) is 42.7 Å². The van der Waals surface area contributed by atoms with E-state index in [2.05, 4.69) is 15.0 Å². The van der Waals surface area contributed by atoms with Crippen LogP contribution in [-0.2, 0) is 15.7 Å². The molecule has 3 rings (SSSR count). The molecule has 1 fully saturated rings.